The van der Waals surface area contributed by atoms with E-state index in [4.69, 9.17) is 0 Å². The van der Waals surface area contributed by atoms with Gasteiger partial charge in [0.25, 0.3) is 0 Å². The van der Waals surface area contributed by atoms with Gasteiger partial charge in [0.2, 0.25) is 5.91 Å². The number of nitrogens with zero attached hydrogens (tertiary/aromatic N) is 1. The molecule has 0 aromatic rings. The van der Waals surface area contributed by atoms with E-state index >= 15 is 0 Å². The smallest absolute Gasteiger partial charge is 0.223 e. The van der Waals surface area contributed by atoms with E-state index in [0.29, 0.717) is 12.5 Å². The SMILES string of the molecule is O=C(NCCNC1=NCC(C2CC2)S1)C1CC1. The molecule has 3 aliphatic rings. The molecule has 1 atom stereocenters. The number of carbonyl (C=O) groups excluding carboxylic acids is 1. The molecule has 1 amide bonds. The Kier molecular flexibility index (Phi) is 3.27. The van der Waals surface area contributed by atoms with Gasteiger partial charge in [-0.2, -0.15) is 0 Å². The Morgan fingerprint density at radius 3 is 2.82 bits per heavy atom. The molecule has 2 N–H and O–H groups in total. The van der Waals surface area contributed by atoms with Gasteiger partial charge in [-0.3, -0.25) is 9.79 Å². The standard InChI is InChI=1S/C12H19N3OS/c16-11(9-3-4-9)13-5-6-14-12-15-7-10(17-12)8-1-2-8/h8-10H,1-7H2,(H,13,16)(H,14,15). The zero-order valence-corrected chi connectivity index (χ0v) is 10.8. The minimum atomic E-state index is 0.226. The molecule has 1 heterocycles. The monoisotopic (exact) mass is 253 g/mol. The van der Waals surface area contributed by atoms with Gasteiger partial charge in [0.05, 0.1) is 6.54 Å². The highest BCUT2D eigenvalue weighted by atomic mass is 32.2. The second-order valence-electron chi connectivity index (χ2n) is 5.13. The lowest BCUT2D eigenvalue weighted by atomic mass is 10.3. The molecule has 1 unspecified atom stereocenters. The normalized spacial score (nSPS) is 27.8. The molecule has 0 spiro atoms. The summed E-state index contributed by atoms with van der Waals surface area (Å²) in [5.41, 5.74) is 0. The number of hydrogen-bond donors (Lipinski definition) is 2. The van der Waals surface area contributed by atoms with Crippen LogP contribution in [0.25, 0.3) is 0 Å². The fraction of sp³-hybridized carbons (Fsp3) is 0.833. The van der Waals surface area contributed by atoms with E-state index in [1.54, 1.807) is 0 Å². The van der Waals surface area contributed by atoms with Gasteiger partial charge in [0.1, 0.15) is 0 Å². The summed E-state index contributed by atoms with van der Waals surface area (Å²) in [7, 11) is 0. The van der Waals surface area contributed by atoms with Crippen LogP contribution in [-0.2, 0) is 4.79 Å². The number of rotatable bonds is 5. The Morgan fingerprint density at radius 1 is 1.29 bits per heavy atom. The average Bonchev–Trinajstić information content (AvgIpc) is 3.22. The molecular formula is C12H19N3OS. The first-order valence-electron chi connectivity index (χ1n) is 6.55. The van der Waals surface area contributed by atoms with E-state index in [1.165, 1.54) is 12.8 Å². The maximum absolute atomic E-state index is 11.4. The lowest BCUT2D eigenvalue weighted by Crippen LogP contribution is -2.34. The Morgan fingerprint density at radius 2 is 2.12 bits per heavy atom. The Hall–Kier alpha value is -0.710. The highest BCUT2D eigenvalue weighted by Crippen LogP contribution is 2.41. The Bertz CT molecular complexity index is 337. The predicted molar refractivity (Wildman–Crippen MR) is 70.1 cm³/mol. The van der Waals surface area contributed by atoms with Gasteiger partial charge in [-0.05, 0) is 31.6 Å². The van der Waals surface area contributed by atoms with Crippen LogP contribution < -0.4 is 10.6 Å². The summed E-state index contributed by atoms with van der Waals surface area (Å²) in [6, 6.07) is 0. The van der Waals surface area contributed by atoms with Gasteiger partial charge in [-0.25, -0.2) is 0 Å². The number of carbonyl (C=O) groups is 1. The first-order valence-corrected chi connectivity index (χ1v) is 7.43. The lowest BCUT2D eigenvalue weighted by Gasteiger charge is -2.08. The van der Waals surface area contributed by atoms with Crippen molar-refractivity contribution in [1.29, 1.82) is 0 Å². The van der Waals surface area contributed by atoms with Crippen molar-refractivity contribution in [1.82, 2.24) is 10.6 Å². The van der Waals surface area contributed by atoms with E-state index in [2.05, 4.69) is 15.6 Å². The van der Waals surface area contributed by atoms with Crippen molar-refractivity contribution in [3.8, 4) is 0 Å². The van der Waals surface area contributed by atoms with Crippen molar-refractivity contribution in [3.63, 3.8) is 0 Å². The van der Waals surface area contributed by atoms with Crippen LogP contribution >= 0.6 is 11.8 Å². The topological polar surface area (TPSA) is 53.5 Å². The van der Waals surface area contributed by atoms with E-state index in [0.717, 1.165) is 42.3 Å². The summed E-state index contributed by atoms with van der Waals surface area (Å²) in [5.74, 6) is 1.45. The van der Waals surface area contributed by atoms with Crippen LogP contribution in [0.2, 0.25) is 0 Å². The first kappa shape index (κ1) is 11.4. The van der Waals surface area contributed by atoms with Crippen LogP contribution in [0.3, 0.4) is 0 Å². The maximum atomic E-state index is 11.4. The molecule has 5 heteroatoms. The zero-order chi connectivity index (χ0) is 11.7. The summed E-state index contributed by atoms with van der Waals surface area (Å²) in [4.78, 5) is 15.9. The highest BCUT2D eigenvalue weighted by molar-refractivity contribution is 8.14. The molecule has 0 bridgehead atoms. The summed E-state index contributed by atoms with van der Waals surface area (Å²) in [6.07, 6.45) is 4.92. The number of hydrogen-bond acceptors (Lipinski definition) is 4. The molecule has 0 aromatic carbocycles. The minimum Gasteiger partial charge on any atom is -0.363 e. The van der Waals surface area contributed by atoms with E-state index in [-0.39, 0.29) is 5.91 Å². The molecule has 2 saturated carbocycles. The lowest BCUT2D eigenvalue weighted by molar-refractivity contribution is -0.122. The van der Waals surface area contributed by atoms with Gasteiger partial charge >= 0.3 is 0 Å². The third-order valence-corrected chi connectivity index (χ3v) is 4.81. The van der Waals surface area contributed by atoms with E-state index in [9.17, 15) is 4.79 Å². The van der Waals surface area contributed by atoms with Crippen molar-refractivity contribution < 1.29 is 4.79 Å². The molecule has 1 aliphatic heterocycles. The quantitative estimate of drug-likeness (QED) is 0.718. The summed E-state index contributed by atoms with van der Waals surface area (Å²) in [6.45, 7) is 2.48. The number of amidine groups is 1. The second-order valence-corrected chi connectivity index (χ2v) is 6.36. The molecular weight excluding hydrogens is 234 g/mol. The molecule has 2 aliphatic carbocycles. The van der Waals surface area contributed by atoms with Gasteiger partial charge in [0.15, 0.2) is 5.17 Å². The van der Waals surface area contributed by atoms with Crippen molar-refractivity contribution in [3.05, 3.63) is 0 Å². The predicted octanol–water partition coefficient (Wildman–Crippen LogP) is 0.984. The van der Waals surface area contributed by atoms with Gasteiger partial charge in [0, 0.05) is 24.3 Å². The number of thioether (sulfide) groups is 1. The number of nitrogens with one attached hydrogen (secondary N) is 2. The molecule has 0 saturated heterocycles. The molecule has 3 rings (SSSR count). The van der Waals surface area contributed by atoms with Crippen LogP contribution in [0, 0.1) is 11.8 Å². The third-order valence-electron chi connectivity index (χ3n) is 3.47. The van der Waals surface area contributed by atoms with Crippen molar-refractivity contribution in [2.45, 2.75) is 30.9 Å². The zero-order valence-electron chi connectivity index (χ0n) is 9.95. The third kappa shape index (κ3) is 3.15. The van der Waals surface area contributed by atoms with Crippen LogP contribution in [-0.4, -0.2) is 36.0 Å². The Balaban J connectivity index is 1.28. The molecule has 17 heavy (non-hydrogen) atoms. The van der Waals surface area contributed by atoms with Crippen LogP contribution in [0.5, 0.6) is 0 Å². The van der Waals surface area contributed by atoms with Crippen molar-refractivity contribution >= 4 is 22.8 Å². The van der Waals surface area contributed by atoms with E-state index in [1.807, 2.05) is 11.8 Å². The van der Waals surface area contributed by atoms with Gasteiger partial charge in [-0.1, -0.05) is 11.8 Å². The first-order chi connectivity index (χ1) is 8.33. The maximum Gasteiger partial charge on any atom is 0.223 e. The fourth-order valence-electron chi connectivity index (χ4n) is 2.05. The van der Waals surface area contributed by atoms with Crippen LogP contribution in [0.1, 0.15) is 25.7 Å². The summed E-state index contributed by atoms with van der Waals surface area (Å²) in [5, 5.41) is 8.05. The highest BCUT2D eigenvalue weighted by Gasteiger charge is 2.35. The molecule has 2 fully saturated rings. The Labute approximate surface area is 106 Å². The molecule has 4 nitrogen and oxygen atoms in total. The minimum absolute atomic E-state index is 0.226. The number of aliphatic imine (C=N–C) groups is 1. The van der Waals surface area contributed by atoms with Gasteiger partial charge < -0.3 is 10.6 Å². The van der Waals surface area contributed by atoms with Crippen molar-refractivity contribution in [2.75, 3.05) is 19.6 Å². The van der Waals surface area contributed by atoms with Crippen LogP contribution in [0.15, 0.2) is 4.99 Å². The largest absolute Gasteiger partial charge is 0.363 e. The number of amides is 1. The average molecular weight is 253 g/mol. The molecule has 0 aromatic heterocycles. The second kappa shape index (κ2) is 4.88. The van der Waals surface area contributed by atoms with Crippen molar-refractivity contribution in [2.24, 2.45) is 16.8 Å². The summed E-state index contributed by atoms with van der Waals surface area (Å²) < 4.78 is 0. The summed E-state index contributed by atoms with van der Waals surface area (Å²) >= 11 is 1.88. The van der Waals surface area contributed by atoms with E-state index < -0.39 is 0 Å². The van der Waals surface area contributed by atoms with Gasteiger partial charge in [-0.15, -0.1) is 0 Å². The fourth-order valence-corrected chi connectivity index (χ4v) is 3.28. The van der Waals surface area contributed by atoms with Crippen LogP contribution in [0.4, 0.5) is 0 Å². The molecule has 94 valence electrons. The molecule has 0 radical (unpaired) electrons.